The van der Waals surface area contributed by atoms with Gasteiger partial charge in [0.2, 0.25) is 0 Å². The molecule has 1 aliphatic carbocycles. The van der Waals surface area contributed by atoms with Crippen LogP contribution in [0.4, 0.5) is 4.39 Å². The summed E-state index contributed by atoms with van der Waals surface area (Å²) in [4.78, 5) is 10.7. The number of hydrogen-bond donors (Lipinski definition) is 0. The number of benzene rings is 1. The van der Waals surface area contributed by atoms with E-state index < -0.39 is 5.24 Å². The van der Waals surface area contributed by atoms with E-state index in [1.54, 1.807) is 12.1 Å². The summed E-state index contributed by atoms with van der Waals surface area (Å²) < 4.78 is 13.3. The van der Waals surface area contributed by atoms with E-state index in [1.807, 2.05) is 0 Å². The van der Waals surface area contributed by atoms with Crippen LogP contribution in [0, 0.1) is 5.82 Å². The van der Waals surface area contributed by atoms with Gasteiger partial charge in [-0.25, -0.2) is 4.39 Å². The van der Waals surface area contributed by atoms with Crippen molar-refractivity contribution in [2.45, 2.75) is 18.8 Å². The zero-order valence-corrected chi connectivity index (χ0v) is 7.64. The molecule has 1 fully saturated rings. The molecule has 3 heteroatoms. The summed E-state index contributed by atoms with van der Waals surface area (Å²) >= 11 is 5.22. The van der Waals surface area contributed by atoms with Crippen molar-refractivity contribution >= 4 is 16.8 Å². The van der Waals surface area contributed by atoms with Crippen molar-refractivity contribution in [1.29, 1.82) is 0 Å². The van der Waals surface area contributed by atoms with Gasteiger partial charge in [0, 0.05) is 5.56 Å². The van der Waals surface area contributed by atoms with Gasteiger partial charge in [0.15, 0.2) is 0 Å². The molecule has 0 heterocycles. The van der Waals surface area contributed by atoms with E-state index in [2.05, 4.69) is 0 Å². The molecule has 68 valence electrons. The largest absolute Gasteiger partial charge is 0.276 e. The molecule has 1 aromatic carbocycles. The zero-order chi connectivity index (χ0) is 9.42. The van der Waals surface area contributed by atoms with Crippen molar-refractivity contribution < 1.29 is 9.18 Å². The molecule has 0 bridgehead atoms. The van der Waals surface area contributed by atoms with Crippen molar-refractivity contribution in [3.05, 3.63) is 35.1 Å². The lowest BCUT2D eigenvalue weighted by atomic mass is 10.1. The van der Waals surface area contributed by atoms with Gasteiger partial charge >= 0.3 is 0 Å². The Labute approximate surface area is 80.5 Å². The molecule has 1 aliphatic rings. The molecule has 1 saturated carbocycles. The van der Waals surface area contributed by atoms with E-state index in [4.69, 9.17) is 11.6 Å². The second-order valence-electron chi connectivity index (χ2n) is 3.28. The predicted molar refractivity (Wildman–Crippen MR) is 48.6 cm³/mol. The van der Waals surface area contributed by atoms with Gasteiger partial charge in [0.05, 0.1) is 0 Å². The molecule has 0 aliphatic heterocycles. The molecule has 0 radical (unpaired) electrons. The minimum atomic E-state index is -0.610. The number of hydrogen-bond acceptors (Lipinski definition) is 1. The van der Waals surface area contributed by atoms with Crippen molar-refractivity contribution in [2.75, 3.05) is 0 Å². The molecule has 0 atom stereocenters. The Morgan fingerprint density at radius 1 is 1.46 bits per heavy atom. The molecule has 2 rings (SSSR count). The predicted octanol–water partition coefficient (Wildman–Crippen LogP) is 3.08. The minimum Gasteiger partial charge on any atom is -0.276 e. The summed E-state index contributed by atoms with van der Waals surface area (Å²) in [5, 5.41) is -0.610. The highest BCUT2D eigenvalue weighted by molar-refractivity contribution is 6.67. The number of carbonyl (C=O) groups is 1. The quantitative estimate of drug-likeness (QED) is 0.668. The molecule has 0 aromatic heterocycles. The third kappa shape index (κ3) is 1.73. The van der Waals surface area contributed by atoms with Crippen LogP contribution in [-0.2, 0) is 0 Å². The van der Waals surface area contributed by atoms with Crippen LogP contribution >= 0.6 is 11.6 Å². The first-order valence-corrected chi connectivity index (χ1v) is 4.55. The average molecular weight is 199 g/mol. The lowest BCUT2D eigenvalue weighted by Gasteiger charge is -2.01. The van der Waals surface area contributed by atoms with Gasteiger partial charge in [-0.3, -0.25) is 4.79 Å². The zero-order valence-electron chi connectivity index (χ0n) is 6.89. The molecule has 1 nitrogen and oxygen atoms in total. The van der Waals surface area contributed by atoms with Crippen molar-refractivity contribution in [3.63, 3.8) is 0 Å². The maximum atomic E-state index is 13.3. The van der Waals surface area contributed by atoms with Crippen LogP contribution in [0.2, 0.25) is 0 Å². The molecule has 0 unspecified atom stereocenters. The molecular formula is C10H8ClFO. The lowest BCUT2D eigenvalue weighted by Crippen LogP contribution is -1.93. The van der Waals surface area contributed by atoms with Crippen LogP contribution in [-0.4, -0.2) is 5.24 Å². The summed E-state index contributed by atoms with van der Waals surface area (Å²) in [5.41, 5.74) is 0.935. The van der Waals surface area contributed by atoms with Gasteiger partial charge in [-0.1, -0.05) is 6.07 Å². The highest BCUT2D eigenvalue weighted by atomic mass is 35.5. The maximum Gasteiger partial charge on any atom is 0.252 e. The first-order chi connectivity index (χ1) is 6.18. The smallest absolute Gasteiger partial charge is 0.252 e. The topological polar surface area (TPSA) is 17.1 Å². The van der Waals surface area contributed by atoms with E-state index >= 15 is 0 Å². The molecular weight excluding hydrogens is 191 g/mol. The second-order valence-corrected chi connectivity index (χ2v) is 3.63. The highest BCUT2D eigenvalue weighted by Crippen LogP contribution is 2.41. The van der Waals surface area contributed by atoms with Gasteiger partial charge in [-0.2, -0.15) is 0 Å². The third-order valence-electron chi connectivity index (χ3n) is 2.24. The third-order valence-corrected chi connectivity index (χ3v) is 2.46. The Kier molecular flexibility index (Phi) is 2.08. The van der Waals surface area contributed by atoms with Crippen LogP contribution in [0.3, 0.4) is 0 Å². The SMILES string of the molecule is O=C(Cl)c1ccc(C2CC2)c(F)c1. The monoisotopic (exact) mass is 198 g/mol. The number of carbonyl (C=O) groups excluding carboxylic acids is 1. The van der Waals surface area contributed by atoms with Gasteiger partial charge in [0.25, 0.3) is 5.24 Å². The fraction of sp³-hybridized carbons (Fsp3) is 0.300. The molecule has 0 saturated heterocycles. The normalized spacial score (nSPS) is 15.8. The summed E-state index contributed by atoms with van der Waals surface area (Å²) in [6, 6.07) is 4.44. The first kappa shape index (κ1) is 8.70. The fourth-order valence-corrected chi connectivity index (χ4v) is 1.49. The van der Waals surface area contributed by atoms with Crippen molar-refractivity contribution in [1.82, 2.24) is 0 Å². The van der Waals surface area contributed by atoms with E-state index in [1.165, 1.54) is 6.07 Å². The van der Waals surface area contributed by atoms with Crippen LogP contribution in [0.25, 0.3) is 0 Å². The van der Waals surface area contributed by atoms with Crippen LogP contribution in [0.15, 0.2) is 18.2 Å². The minimum absolute atomic E-state index is 0.226. The number of halogens is 2. The molecule has 13 heavy (non-hydrogen) atoms. The molecule has 0 N–H and O–H groups in total. The lowest BCUT2D eigenvalue weighted by molar-refractivity contribution is 0.108. The van der Waals surface area contributed by atoms with Crippen LogP contribution < -0.4 is 0 Å². The van der Waals surface area contributed by atoms with Crippen molar-refractivity contribution in [2.24, 2.45) is 0 Å². The fourth-order valence-electron chi connectivity index (χ4n) is 1.37. The van der Waals surface area contributed by atoms with Crippen LogP contribution in [0.1, 0.15) is 34.7 Å². The Balaban J connectivity index is 2.36. The summed E-state index contributed by atoms with van der Waals surface area (Å²) in [6.07, 6.45) is 2.09. The van der Waals surface area contributed by atoms with E-state index in [9.17, 15) is 9.18 Å². The van der Waals surface area contributed by atoms with E-state index in [-0.39, 0.29) is 11.4 Å². The maximum absolute atomic E-state index is 13.3. The van der Waals surface area contributed by atoms with E-state index in [0.29, 0.717) is 11.5 Å². The van der Waals surface area contributed by atoms with Gasteiger partial charge in [-0.05, 0) is 48.1 Å². The number of rotatable bonds is 2. The summed E-state index contributed by atoms with van der Waals surface area (Å²) in [6.45, 7) is 0. The Morgan fingerprint density at radius 2 is 2.15 bits per heavy atom. The summed E-state index contributed by atoms with van der Waals surface area (Å²) in [5.74, 6) is 0.0495. The van der Waals surface area contributed by atoms with E-state index in [0.717, 1.165) is 12.8 Å². The first-order valence-electron chi connectivity index (χ1n) is 4.18. The van der Waals surface area contributed by atoms with Gasteiger partial charge in [-0.15, -0.1) is 0 Å². The van der Waals surface area contributed by atoms with Gasteiger partial charge < -0.3 is 0 Å². The average Bonchev–Trinajstić information content (AvgIpc) is 2.87. The molecule has 1 aromatic rings. The van der Waals surface area contributed by atoms with Crippen molar-refractivity contribution in [3.8, 4) is 0 Å². The Bertz CT molecular complexity index is 358. The van der Waals surface area contributed by atoms with Crippen LogP contribution in [0.5, 0.6) is 0 Å². The molecule has 0 spiro atoms. The summed E-state index contributed by atoms with van der Waals surface area (Å²) in [7, 11) is 0. The van der Waals surface area contributed by atoms with Gasteiger partial charge in [0.1, 0.15) is 5.82 Å². The second kappa shape index (κ2) is 3.11. The Hall–Kier alpha value is -0.890. The Morgan fingerprint density at radius 3 is 2.62 bits per heavy atom. The molecule has 0 amide bonds. The highest BCUT2D eigenvalue weighted by Gasteiger charge is 2.26. The standard InChI is InChI=1S/C10H8ClFO/c11-10(13)7-3-4-8(6-1-2-6)9(12)5-7/h3-6H,1-2H2.